The van der Waals surface area contributed by atoms with Crippen molar-refractivity contribution in [1.82, 2.24) is 9.47 Å². The van der Waals surface area contributed by atoms with Gasteiger partial charge in [-0.25, -0.2) is 0 Å². The van der Waals surface area contributed by atoms with Gasteiger partial charge in [0.1, 0.15) is 0 Å². The third-order valence-electron chi connectivity index (χ3n) is 5.61. The molecule has 2 unspecified atom stereocenters. The average molecular weight is 364 g/mol. The van der Waals surface area contributed by atoms with Crippen molar-refractivity contribution in [3.63, 3.8) is 0 Å². The summed E-state index contributed by atoms with van der Waals surface area (Å²) in [7, 11) is 0. The molecule has 1 fully saturated rings. The third kappa shape index (κ3) is 2.91. The molecule has 4 heterocycles. The molecule has 6 nitrogen and oxygen atoms in total. The molecule has 138 valence electrons. The van der Waals surface area contributed by atoms with E-state index in [2.05, 4.69) is 0 Å². The number of likely N-dealkylation sites (tertiary alicyclic amines) is 1. The number of hydrogen-bond donors (Lipinski definition) is 0. The van der Waals surface area contributed by atoms with Gasteiger partial charge in [0, 0.05) is 43.4 Å². The molecule has 0 spiro atoms. The number of aromatic nitrogens is 1. The molecule has 3 aliphatic rings. The highest BCUT2D eigenvalue weighted by atomic mass is 16.7. The molecule has 1 saturated heterocycles. The first-order chi connectivity index (χ1) is 13.2. The Kier molecular flexibility index (Phi) is 3.77. The lowest BCUT2D eigenvalue weighted by molar-refractivity contribution is -0.128. The number of amides is 1. The van der Waals surface area contributed by atoms with E-state index in [4.69, 9.17) is 9.47 Å². The van der Waals surface area contributed by atoms with Crippen molar-refractivity contribution in [2.45, 2.75) is 18.9 Å². The Labute approximate surface area is 156 Å². The van der Waals surface area contributed by atoms with E-state index in [1.54, 1.807) is 12.1 Å². The Morgan fingerprint density at radius 1 is 1.07 bits per heavy atom. The van der Waals surface area contributed by atoms with Crippen LogP contribution in [0.15, 0.2) is 47.3 Å². The van der Waals surface area contributed by atoms with E-state index in [9.17, 15) is 9.59 Å². The van der Waals surface area contributed by atoms with Crippen LogP contribution in [0.2, 0.25) is 0 Å². The summed E-state index contributed by atoms with van der Waals surface area (Å²) in [6.07, 6.45) is 4.48. The van der Waals surface area contributed by atoms with Gasteiger partial charge in [0.25, 0.3) is 5.56 Å². The molecule has 1 aromatic carbocycles. The Bertz CT molecular complexity index is 994. The highest BCUT2D eigenvalue weighted by molar-refractivity contribution is 5.92. The summed E-state index contributed by atoms with van der Waals surface area (Å²) in [4.78, 5) is 26.7. The molecule has 27 heavy (non-hydrogen) atoms. The number of hydrogen-bond acceptors (Lipinski definition) is 4. The van der Waals surface area contributed by atoms with Crippen LogP contribution in [0.4, 0.5) is 0 Å². The molecule has 0 saturated carbocycles. The van der Waals surface area contributed by atoms with Gasteiger partial charge in [-0.1, -0.05) is 12.1 Å². The van der Waals surface area contributed by atoms with Crippen molar-refractivity contribution in [2.75, 3.05) is 19.9 Å². The standard InChI is InChI=1S/C21H20N2O4/c24-20(7-5-14-4-6-18-19(9-14)27-13-26-18)22-10-15-8-16(12-22)17-2-1-3-21(25)23(17)11-15/h1-7,9,15-16H,8,10-13H2. The molecule has 2 bridgehead atoms. The molecule has 3 aliphatic heterocycles. The summed E-state index contributed by atoms with van der Waals surface area (Å²) in [6.45, 7) is 2.29. The van der Waals surface area contributed by atoms with Crippen LogP contribution in [0.3, 0.4) is 0 Å². The van der Waals surface area contributed by atoms with E-state index in [0.717, 1.165) is 23.4 Å². The molecule has 1 amide bonds. The predicted molar refractivity (Wildman–Crippen MR) is 99.7 cm³/mol. The average Bonchev–Trinajstić information content (AvgIpc) is 3.14. The van der Waals surface area contributed by atoms with Gasteiger partial charge >= 0.3 is 0 Å². The summed E-state index contributed by atoms with van der Waals surface area (Å²) in [5, 5.41) is 0. The van der Waals surface area contributed by atoms with Crippen LogP contribution in [0.25, 0.3) is 6.08 Å². The fraction of sp³-hybridized carbons (Fsp3) is 0.333. The number of piperidine rings is 1. The summed E-state index contributed by atoms with van der Waals surface area (Å²) in [6, 6.07) is 11.1. The van der Waals surface area contributed by atoms with Gasteiger partial charge in [0.15, 0.2) is 11.5 Å². The largest absolute Gasteiger partial charge is 0.454 e. The van der Waals surface area contributed by atoms with E-state index in [-0.39, 0.29) is 24.2 Å². The Hall–Kier alpha value is -3.02. The first-order valence-corrected chi connectivity index (χ1v) is 9.24. The Morgan fingerprint density at radius 3 is 2.89 bits per heavy atom. The minimum absolute atomic E-state index is 0.00842. The van der Waals surface area contributed by atoms with Crippen molar-refractivity contribution < 1.29 is 14.3 Å². The maximum atomic E-state index is 12.7. The SMILES string of the molecule is O=C(C=Cc1ccc2c(c1)OCO2)N1CC2CC(C1)c1cccc(=O)n1C2. The molecule has 2 atom stereocenters. The summed E-state index contributed by atoms with van der Waals surface area (Å²) >= 11 is 0. The van der Waals surface area contributed by atoms with Gasteiger partial charge in [-0.3, -0.25) is 9.59 Å². The van der Waals surface area contributed by atoms with Crippen molar-refractivity contribution in [3.8, 4) is 11.5 Å². The Morgan fingerprint density at radius 2 is 1.96 bits per heavy atom. The molecule has 5 rings (SSSR count). The highest BCUT2D eigenvalue weighted by Crippen LogP contribution is 2.35. The van der Waals surface area contributed by atoms with Crippen LogP contribution >= 0.6 is 0 Å². The quantitative estimate of drug-likeness (QED) is 0.767. The van der Waals surface area contributed by atoms with Crippen LogP contribution in [0.1, 0.15) is 23.6 Å². The van der Waals surface area contributed by atoms with E-state index < -0.39 is 0 Å². The molecule has 2 aromatic rings. The number of benzene rings is 1. The van der Waals surface area contributed by atoms with Gasteiger partial charge in [0.2, 0.25) is 12.7 Å². The maximum Gasteiger partial charge on any atom is 0.250 e. The topological polar surface area (TPSA) is 60.8 Å². The van der Waals surface area contributed by atoms with Crippen LogP contribution in [-0.2, 0) is 11.3 Å². The molecule has 0 aliphatic carbocycles. The van der Waals surface area contributed by atoms with Crippen molar-refractivity contribution in [1.29, 1.82) is 0 Å². The summed E-state index contributed by atoms with van der Waals surface area (Å²) in [5.74, 6) is 2.01. The summed E-state index contributed by atoms with van der Waals surface area (Å²) in [5.41, 5.74) is 2.02. The normalized spacial score (nSPS) is 22.7. The first kappa shape index (κ1) is 16.2. The van der Waals surface area contributed by atoms with E-state index >= 15 is 0 Å². The van der Waals surface area contributed by atoms with Gasteiger partial charge in [-0.2, -0.15) is 0 Å². The van der Waals surface area contributed by atoms with Crippen LogP contribution in [-0.4, -0.2) is 35.3 Å². The lowest BCUT2D eigenvalue weighted by Crippen LogP contribution is -2.48. The first-order valence-electron chi connectivity index (χ1n) is 9.24. The van der Waals surface area contributed by atoms with Crippen LogP contribution < -0.4 is 15.0 Å². The number of carbonyl (C=O) groups is 1. The lowest BCUT2D eigenvalue weighted by Gasteiger charge is -2.42. The smallest absolute Gasteiger partial charge is 0.250 e. The minimum atomic E-state index is 0.00842. The fourth-order valence-electron chi connectivity index (χ4n) is 4.37. The zero-order valence-corrected chi connectivity index (χ0v) is 14.8. The summed E-state index contributed by atoms with van der Waals surface area (Å²) < 4.78 is 12.6. The second kappa shape index (κ2) is 6.30. The number of fused-ring (bicyclic) bond motifs is 5. The van der Waals surface area contributed by atoms with Crippen molar-refractivity contribution >= 4 is 12.0 Å². The molecule has 1 aromatic heterocycles. The second-order valence-electron chi connectivity index (χ2n) is 7.39. The van der Waals surface area contributed by atoms with Gasteiger partial charge < -0.3 is 18.9 Å². The fourth-order valence-corrected chi connectivity index (χ4v) is 4.37. The predicted octanol–water partition coefficient (Wildman–Crippen LogP) is 2.24. The van der Waals surface area contributed by atoms with E-state index in [1.165, 1.54) is 0 Å². The van der Waals surface area contributed by atoms with Gasteiger partial charge in [0.05, 0.1) is 0 Å². The minimum Gasteiger partial charge on any atom is -0.454 e. The van der Waals surface area contributed by atoms with Crippen molar-refractivity contribution in [3.05, 3.63) is 64.1 Å². The van der Waals surface area contributed by atoms with E-state index in [0.29, 0.717) is 31.3 Å². The molecular formula is C21H20N2O4. The van der Waals surface area contributed by atoms with E-state index in [1.807, 2.05) is 45.9 Å². The molecular weight excluding hydrogens is 344 g/mol. The van der Waals surface area contributed by atoms with Gasteiger partial charge in [-0.05, 0) is 42.2 Å². The lowest BCUT2D eigenvalue weighted by atomic mass is 9.83. The molecule has 6 heteroatoms. The number of nitrogens with zero attached hydrogens (tertiary/aromatic N) is 2. The third-order valence-corrected chi connectivity index (χ3v) is 5.61. The zero-order valence-electron chi connectivity index (χ0n) is 14.8. The Balaban J connectivity index is 1.33. The van der Waals surface area contributed by atoms with Crippen molar-refractivity contribution in [2.24, 2.45) is 5.92 Å². The molecule has 0 radical (unpaired) electrons. The number of carbonyl (C=O) groups excluding carboxylic acids is 1. The number of pyridine rings is 1. The second-order valence-corrected chi connectivity index (χ2v) is 7.39. The van der Waals surface area contributed by atoms with Gasteiger partial charge in [-0.15, -0.1) is 0 Å². The highest BCUT2D eigenvalue weighted by Gasteiger charge is 2.35. The maximum absolute atomic E-state index is 12.7. The van der Waals surface area contributed by atoms with Crippen LogP contribution in [0.5, 0.6) is 11.5 Å². The number of ether oxygens (including phenoxy) is 2. The monoisotopic (exact) mass is 364 g/mol. The molecule has 0 N–H and O–H groups in total. The van der Waals surface area contributed by atoms with Crippen LogP contribution in [0, 0.1) is 5.92 Å². The number of rotatable bonds is 2. The zero-order chi connectivity index (χ0) is 18.4.